The maximum atomic E-state index is 13.6. The molecule has 0 radical (unpaired) electrons. The Bertz CT molecular complexity index is 430. The predicted octanol–water partition coefficient (Wildman–Crippen LogP) is 3.65. The zero-order valence-electron chi connectivity index (χ0n) is 10.7. The SMILES string of the molecule is CCCC1CCN(c2c(F)c(F)nc(F)c2F)CC1. The van der Waals surface area contributed by atoms with Crippen molar-refractivity contribution in [2.24, 2.45) is 5.92 Å². The van der Waals surface area contributed by atoms with Crippen LogP contribution in [0, 0.1) is 29.4 Å². The van der Waals surface area contributed by atoms with E-state index in [-0.39, 0.29) is 0 Å². The number of pyridine rings is 1. The quantitative estimate of drug-likeness (QED) is 0.618. The summed E-state index contributed by atoms with van der Waals surface area (Å²) in [5, 5.41) is 0. The van der Waals surface area contributed by atoms with E-state index in [1.807, 2.05) is 0 Å². The van der Waals surface area contributed by atoms with Crippen LogP contribution in [0.4, 0.5) is 23.2 Å². The summed E-state index contributed by atoms with van der Waals surface area (Å²) in [6.07, 6.45) is 3.68. The van der Waals surface area contributed by atoms with Gasteiger partial charge >= 0.3 is 0 Å². The average molecular weight is 276 g/mol. The molecule has 0 unspecified atom stereocenters. The summed E-state index contributed by atoms with van der Waals surface area (Å²) in [5.74, 6) is -5.49. The number of aromatic nitrogens is 1. The fraction of sp³-hybridized carbons (Fsp3) is 0.615. The highest BCUT2D eigenvalue weighted by molar-refractivity contribution is 5.48. The fourth-order valence-electron chi connectivity index (χ4n) is 2.61. The van der Waals surface area contributed by atoms with Gasteiger partial charge in [-0.2, -0.15) is 22.5 Å². The van der Waals surface area contributed by atoms with Crippen molar-refractivity contribution < 1.29 is 17.6 Å². The van der Waals surface area contributed by atoms with Crippen molar-refractivity contribution >= 4 is 5.69 Å². The van der Waals surface area contributed by atoms with E-state index in [1.165, 1.54) is 4.90 Å². The number of halogens is 4. The van der Waals surface area contributed by atoms with Gasteiger partial charge < -0.3 is 4.90 Å². The Kier molecular flexibility index (Phi) is 4.27. The van der Waals surface area contributed by atoms with Crippen LogP contribution >= 0.6 is 0 Å². The molecule has 0 N–H and O–H groups in total. The summed E-state index contributed by atoms with van der Waals surface area (Å²) >= 11 is 0. The molecule has 0 spiro atoms. The summed E-state index contributed by atoms with van der Waals surface area (Å²) in [5.41, 5.74) is -0.625. The van der Waals surface area contributed by atoms with E-state index in [2.05, 4.69) is 11.9 Å². The second-order valence-corrected chi connectivity index (χ2v) is 4.89. The summed E-state index contributed by atoms with van der Waals surface area (Å²) in [6, 6.07) is 0. The Hall–Kier alpha value is -1.33. The minimum absolute atomic E-state index is 0.404. The van der Waals surface area contributed by atoms with Gasteiger partial charge in [0, 0.05) is 13.1 Å². The molecule has 1 saturated heterocycles. The molecule has 0 aromatic carbocycles. The molecular formula is C13H16F4N2. The van der Waals surface area contributed by atoms with E-state index in [9.17, 15) is 17.6 Å². The standard InChI is InChI=1S/C13H16F4N2/c1-2-3-8-4-6-19(7-5-8)11-9(14)12(16)18-13(17)10(11)15/h8H,2-7H2,1H3. The van der Waals surface area contributed by atoms with Gasteiger partial charge in [0.2, 0.25) is 11.6 Å². The van der Waals surface area contributed by atoms with Crippen LogP contribution in [0.1, 0.15) is 32.6 Å². The van der Waals surface area contributed by atoms with Gasteiger partial charge in [0.15, 0.2) is 0 Å². The van der Waals surface area contributed by atoms with E-state index in [0.29, 0.717) is 19.0 Å². The van der Waals surface area contributed by atoms with Crippen LogP contribution in [0.25, 0.3) is 0 Å². The normalized spacial score (nSPS) is 17.0. The minimum atomic E-state index is -1.59. The third kappa shape index (κ3) is 2.82. The van der Waals surface area contributed by atoms with Crippen molar-refractivity contribution in [1.29, 1.82) is 0 Å². The first-order valence-corrected chi connectivity index (χ1v) is 6.49. The maximum absolute atomic E-state index is 13.6. The number of nitrogens with zero attached hydrogens (tertiary/aromatic N) is 2. The van der Waals surface area contributed by atoms with Gasteiger partial charge in [-0.1, -0.05) is 19.8 Å². The van der Waals surface area contributed by atoms with E-state index in [0.717, 1.165) is 25.7 Å². The molecule has 0 aliphatic carbocycles. The lowest BCUT2D eigenvalue weighted by Gasteiger charge is -2.33. The molecule has 1 aliphatic rings. The second-order valence-electron chi connectivity index (χ2n) is 4.89. The molecule has 1 aromatic heterocycles. The lowest BCUT2D eigenvalue weighted by Crippen LogP contribution is -2.35. The summed E-state index contributed by atoms with van der Waals surface area (Å²) < 4.78 is 53.3. The molecule has 106 valence electrons. The zero-order valence-corrected chi connectivity index (χ0v) is 10.7. The molecule has 6 heteroatoms. The molecular weight excluding hydrogens is 260 g/mol. The molecule has 2 nitrogen and oxygen atoms in total. The molecule has 0 bridgehead atoms. The predicted molar refractivity (Wildman–Crippen MR) is 63.9 cm³/mol. The highest BCUT2D eigenvalue weighted by atomic mass is 19.2. The molecule has 0 atom stereocenters. The molecule has 2 heterocycles. The van der Waals surface area contributed by atoms with Crippen molar-refractivity contribution in [2.45, 2.75) is 32.6 Å². The number of hydrogen-bond donors (Lipinski definition) is 0. The molecule has 2 rings (SSSR count). The largest absolute Gasteiger partial charge is 0.366 e. The van der Waals surface area contributed by atoms with Crippen LogP contribution in [0.5, 0.6) is 0 Å². The van der Waals surface area contributed by atoms with Gasteiger partial charge in [0.25, 0.3) is 11.9 Å². The van der Waals surface area contributed by atoms with Crippen LogP contribution in [0.15, 0.2) is 0 Å². The smallest absolute Gasteiger partial charge is 0.253 e. The second kappa shape index (κ2) is 5.75. The van der Waals surface area contributed by atoms with Crippen molar-refractivity contribution in [1.82, 2.24) is 4.98 Å². The van der Waals surface area contributed by atoms with Crippen LogP contribution in [-0.4, -0.2) is 18.1 Å². The summed E-state index contributed by atoms with van der Waals surface area (Å²) in [4.78, 5) is 3.93. The molecule has 0 saturated carbocycles. The maximum Gasteiger partial charge on any atom is 0.253 e. The van der Waals surface area contributed by atoms with E-state index < -0.39 is 29.2 Å². The van der Waals surface area contributed by atoms with Crippen molar-refractivity contribution in [3.8, 4) is 0 Å². The van der Waals surface area contributed by atoms with Crippen molar-refractivity contribution in [3.63, 3.8) is 0 Å². The van der Waals surface area contributed by atoms with Crippen molar-refractivity contribution in [2.75, 3.05) is 18.0 Å². The lowest BCUT2D eigenvalue weighted by molar-refractivity contribution is 0.363. The Morgan fingerprint density at radius 1 is 1.05 bits per heavy atom. The van der Waals surface area contributed by atoms with Gasteiger partial charge in [0.05, 0.1) is 0 Å². The van der Waals surface area contributed by atoms with Gasteiger partial charge in [-0.25, -0.2) is 0 Å². The highest BCUT2D eigenvalue weighted by Crippen LogP contribution is 2.31. The first kappa shape index (κ1) is 14.1. The first-order valence-electron chi connectivity index (χ1n) is 6.49. The van der Waals surface area contributed by atoms with Gasteiger partial charge in [-0.15, -0.1) is 0 Å². The third-order valence-corrected chi connectivity index (χ3v) is 3.60. The molecule has 1 fully saturated rings. The Balaban J connectivity index is 2.20. The molecule has 1 aromatic rings. The van der Waals surface area contributed by atoms with E-state index >= 15 is 0 Å². The zero-order chi connectivity index (χ0) is 14.0. The minimum Gasteiger partial charge on any atom is -0.366 e. The van der Waals surface area contributed by atoms with E-state index in [1.54, 1.807) is 0 Å². The monoisotopic (exact) mass is 276 g/mol. The van der Waals surface area contributed by atoms with Gasteiger partial charge in [-0.3, -0.25) is 0 Å². The molecule has 0 amide bonds. The number of hydrogen-bond acceptors (Lipinski definition) is 2. The fourth-order valence-corrected chi connectivity index (χ4v) is 2.61. The number of rotatable bonds is 3. The Morgan fingerprint density at radius 3 is 2.05 bits per heavy atom. The number of piperidine rings is 1. The average Bonchev–Trinajstić information content (AvgIpc) is 2.39. The van der Waals surface area contributed by atoms with Gasteiger partial charge in [-0.05, 0) is 18.8 Å². The lowest BCUT2D eigenvalue weighted by atomic mass is 9.92. The molecule has 1 aliphatic heterocycles. The Labute approximate surface area is 109 Å². The van der Waals surface area contributed by atoms with E-state index in [4.69, 9.17) is 0 Å². The summed E-state index contributed by atoms with van der Waals surface area (Å²) in [6.45, 7) is 2.89. The number of anilines is 1. The highest BCUT2D eigenvalue weighted by Gasteiger charge is 2.28. The molecule has 19 heavy (non-hydrogen) atoms. The first-order chi connectivity index (χ1) is 9.04. The summed E-state index contributed by atoms with van der Waals surface area (Å²) in [7, 11) is 0. The topological polar surface area (TPSA) is 16.1 Å². The van der Waals surface area contributed by atoms with Gasteiger partial charge in [0.1, 0.15) is 5.69 Å². The Morgan fingerprint density at radius 2 is 1.58 bits per heavy atom. The van der Waals surface area contributed by atoms with Crippen LogP contribution in [0.3, 0.4) is 0 Å². The van der Waals surface area contributed by atoms with Crippen molar-refractivity contribution in [3.05, 3.63) is 23.5 Å². The van der Waals surface area contributed by atoms with Crippen LogP contribution < -0.4 is 4.90 Å². The van der Waals surface area contributed by atoms with Crippen LogP contribution in [-0.2, 0) is 0 Å². The third-order valence-electron chi connectivity index (χ3n) is 3.60. The van der Waals surface area contributed by atoms with Crippen LogP contribution in [0.2, 0.25) is 0 Å².